The SMILES string of the molecule is C=CC(=O)NC=CCCCCCCCCCCCCCCCCCCCC. The van der Waals surface area contributed by atoms with Gasteiger partial charge in [-0.15, -0.1) is 0 Å². The van der Waals surface area contributed by atoms with Crippen molar-refractivity contribution >= 4 is 5.91 Å². The number of hydrogen-bond donors (Lipinski definition) is 1. The number of carbonyl (C=O) groups excluding carboxylic acids is 1. The van der Waals surface area contributed by atoms with Gasteiger partial charge < -0.3 is 5.32 Å². The molecule has 0 atom stereocenters. The summed E-state index contributed by atoms with van der Waals surface area (Å²) in [6.07, 6.45) is 31.5. The highest BCUT2D eigenvalue weighted by Gasteiger charge is 1.95. The molecule has 2 nitrogen and oxygen atoms in total. The van der Waals surface area contributed by atoms with Crippen molar-refractivity contribution in [2.24, 2.45) is 0 Å². The van der Waals surface area contributed by atoms with Gasteiger partial charge in [-0.05, 0) is 18.9 Å². The first-order valence-electron chi connectivity index (χ1n) is 11.9. The van der Waals surface area contributed by atoms with Crippen LogP contribution < -0.4 is 5.32 Å². The van der Waals surface area contributed by atoms with Crippen LogP contribution in [0.4, 0.5) is 0 Å². The lowest BCUT2D eigenvalue weighted by atomic mass is 10.0. The topological polar surface area (TPSA) is 29.1 Å². The highest BCUT2D eigenvalue weighted by atomic mass is 16.1. The van der Waals surface area contributed by atoms with Crippen LogP contribution in [0.5, 0.6) is 0 Å². The molecule has 0 heterocycles. The van der Waals surface area contributed by atoms with Crippen LogP contribution in [0.1, 0.15) is 129 Å². The van der Waals surface area contributed by atoms with E-state index in [0.29, 0.717) is 0 Å². The highest BCUT2D eigenvalue weighted by Crippen LogP contribution is 2.14. The third-order valence-electron chi connectivity index (χ3n) is 5.25. The van der Waals surface area contributed by atoms with Gasteiger partial charge in [0.15, 0.2) is 0 Å². The molecule has 0 bridgehead atoms. The van der Waals surface area contributed by atoms with Crippen LogP contribution in [0.15, 0.2) is 24.9 Å². The smallest absolute Gasteiger partial charge is 0.247 e. The Bertz CT molecular complexity index is 348. The molecule has 0 spiro atoms. The summed E-state index contributed by atoms with van der Waals surface area (Å²) in [5, 5.41) is 2.65. The predicted octanol–water partition coefficient (Wildman–Crippen LogP) is 8.23. The molecule has 0 aliphatic heterocycles. The van der Waals surface area contributed by atoms with Crippen molar-refractivity contribution in [3.05, 3.63) is 24.9 Å². The zero-order valence-electron chi connectivity index (χ0n) is 18.3. The van der Waals surface area contributed by atoms with Crippen molar-refractivity contribution in [3.63, 3.8) is 0 Å². The van der Waals surface area contributed by atoms with Gasteiger partial charge in [0, 0.05) is 6.20 Å². The molecule has 0 unspecified atom stereocenters. The molecule has 0 fully saturated rings. The van der Waals surface area contributed by atoms with Crippen LogP contribution in [0.2, 0.25) is 0 Å². The Morgan fingerprint density at radius 1 is 0.667 bits per heavy atom. The first-order chi connectivity index (χ1) is 13.3. The maximum Gasteiger partial charge on any atom is 0.247 e. The van der Waals surface area contributed by atoms with Gasteiger partial charge in [0.2, 0.25) is 5.91 Å². The quantitative estimate of drug-likeness (QED) is 0.158. The Hall–Kier alpha value is -1.05. The average molecular weight is 378 g/mol. The molecule has 27 heavy (non-hydrogen) atoms. The van der Waals surface area contributed by atoms with Crippen LogP contribution in [0.3, 0.4) is 0 Å². The molecule has 0 aliphatic carbocycles. The minimum atomic E-state index is -0.135. The predicted molar refractivity (Wildman–Crippen MR) is 121 cm³/mol. The standard InChI is InChI=1S/C25H47NO/c1-3-5-6-7-8-9-10-11-12-13-14-15-16-17-18-19-20-21-22-23-24-26-25(27)4-2/h4,23-24H,2-3,5-22H2,1H3,(H,26,27). The summed E-state index contributed by atoms with van der Waals surface area (Å²) in [4.78, 5) is 10.9. The molecule has 1 amide bonds. The van der Waals surface area contributed by atoms with Gasteiger partial charge in [0.25, 0.3) is 0 Å². The van der Waals surface area contributed by atoms with E-state index in [9.17, 15) is 4.79 Å². The van der Waals surface area contributed by atoms with Crippen LogP contribution >= 0.6 is 0 Å². The lowest BCUT2D eigenvalue weighted by Crippen LogP contribution is -2.12. The second kappa shape index (κ2) is 23.0. The zero-order valence-corrected chi connectivity index (χ0v) is 18.3. The summed E-state index contributed by atoms with van der Waals surface area (Å²) in [6, 6.07) is 0. The summed E-state index contributed by atoms with van der Waals surface area (Å²) < 4.78 is 0. The molecule has 0 aromatic heterocycles. The minimum Gasteiger partial charge on any atom is -0.329 e. The Morgan fingerprint density at radius 3 is 1.41 bits per heavy atom. The van der Waals surface area contributed by atoms with Crippen molar-refractivity contribution < 1.29 is 4.79 Å². The average Bonchev–Trinajstić information content (AvgIpc) is 2.68. The first-order valence-corrected chi connectivity index (χ1v) is 11.9. The number of unbranched alkanes of at least 4 members (excludes halogenated alkanes) is 18. The fraction of sp³-hybridized carbons (Fsp3) is 0.800. The summed E-state index contributed by atoms with van der Waals surface area (Å²) in [7, 11) is 0. The van der Waals surface area contributed by atoms with E-state index in [0.717, 1.165) is 6.42 Å². The van der Waals surface area contributed by atoms with Crippen molar-refractivity contribution in [2.75, 3.05) is 0 Å². The third-order valence-corrected chi connectivity index (χ3v) is 5.25. The molecule has 0 aromatic carbocycles. The number of nitrogens with one attached hydrogen (secondary N) is 1. The normalized spacial score (nSPS) is 11.1. The van der Waals surface area contributed by atoms with Crippen LogP contribution in [0, 0.1) is 0 Å². The Balaban J connectivity index is 3.07. The van der Waals surface area contributed by atoms with E-state index >= 15 is 0 Å². The molecule has 1 N–H and O–H groups in total. The molecule has 0 aliphatic rings. The first kappa shape index (κ1) is 26.0. The fourth-order valence-electron chi connectivity index (χ4n) is 3.45. The molecule has 0 rings (SSSR count). The molecule has 158 valence electrons. The highest BCUT2D eigenvalue weighted by molar-refractivity contribution is 5.87. The largest absolute Gasteiger partial charge is 0.329 e. The van der Waals surface area contributed by atoms with E-state index in [1.165, 1.54) is 122 Å². The number of rotatable bonds is 21. The molecular weight excluding hydrogens is 330 g/mol. The second-order valence-electron chi connectivity index (χ2n) is 7.91. The molecule has 2 heteroatoms. The van der Waals surface area contributed by atoms with Gasteiger partial charge in [-0.3, -0.25) is 4.79 Å². The number of carbonyl (C=O) groups is 1. The number of allylic oxidation sites excluding steroid dienone is 1. The number of hydrogen-bond acceptors (Lipinski definition) is 1. The van der Waals surface area contributed by atoms with Crippen molar-refractivity contribution in [1.29, 1.82) is 0 Å². The molecule has 0 aromatic rings. The monoisotopic (exact) mass is 377 g/mol. The molecule has 0 saturated carbocycles. The summed E-state index contributed by atoms with van der Waals surface area (Å²) in [6.45, 7) is 5.71. The molecular formula is C25H47NO. The van der Waals surface area contributed by atoms with Gasteiger partial charge in [-0.2, -0.15) is 0 Å². The van der Waals surface area contributed by atoms with Gasteiger partial charge in [-0.25, -0.2) is 0 Å². The van der Waals surface area contributed by atoms with Crippen molar-refractivity contribution in [2.45, 2.75) is 129 Å². The number of amides is 1. The van der Waals surface area contributed by atoms with E-state index in [1.807, 2.05) is 6.08 Å². The summed E-state index contributed by atoms with van der Waals surface area (Å²) >= 11 is 0. The van der Waals surface area contributed by atoms with Gasteiger partial charge >= 0.3 is 0 Å². The van der Waals surface area contributed by atoms with E-state index in [1.54, 1.807) is 6.20 Å². The van der Waals surface area contributed by atoms with Gasteiger partial charge in [0.1, 0.15) is 0 Å². The van der Waals surface area contributed by atoms with E-state index < -0.39 is 0 Å². The molecule has 0 radical (unpaired) electrons. The Morgan fingerprint density at radius 2 is 1.04 bits per heavy atom. The Labute approximate surface area is 170 Å². The van der Waals surface area contributed by atoms with Crippen molar-refractivity contribution in [3.8, 4) is 0 Å². The van der Waals surface area contributed by atoms with Gasteiger partial charge in [0.05, 0.1) is 0 Å². The fourth-order valence-corrected chi connectivity index (χ4v) is 3.45. The lowest BCUT2D eigenvalue weighted by Gasteiger charge is -2.03. The molecule has 0 saturated heterocycles. The summed E-state index contributed by atoms with van der Waals surface area (Å²) in [5.74, 6) is -0.135. The second-order valence-corrected chi connectivity index (χ2v) is 7.91. The van der Waals surface area contributed by atoms with Crippen molar-refractivity contribution in [1.82, 2.24) is 5.32 Å². The van der Waals surface area contributed by atoms with Crippen LogP contribution in [0.25, 0.3) is 0 Å². The van der Waals surface area contributed by atoms with E-state index in [2.05, 4.69) is 18.8 Å². The van der Waals surface area contributed by atoms with Crippen LogP contribution in [-0.4, -0.2) is 5.91 Å². The summed E-state index contributed by atoms with van der Waals surface area (Å²) in [5.41, 5.74) is 0. The van der Waals surface area contributed by atoms with E-state index in [4.69, 9.17) is 0 Å². The maximum absolute atomic E-state index is 10.9. The Kier molecular flexibility index (Phi) is 22.1. The zero-order chi connectivity index (χ0) is 19.8. The van der Waals surface area contributed by atoms with Gasteiger partial charge in [-0.1, -0.05) is 129 Å². The maximum atomic E-state index is 10.9. The lowest BCUT2D eigenvalue weighted by molar-refractivity contribution is -0.115. The third kappa shape index (κ3) is 22.9. The van der Waals surface area contributed by atoms with E-state index in [-0.39, 0.29) is 5.91 Å². The minimum absolute atomic E-state index is 0.135. The van der Waals surface area contributed by atoms with Crippen LogP contribution in [-0.2, 0) is 4.79 Å².